The fourth-order valence-corrected chi connectivity index (χ4v) is 5.23. The van der Waals surface area contributed by atoms with Crippen LogP contribution in [-0.2, 0) is 10.0 Å². The smallest absolute Gasteiger partial charge is 0.243 e. The van der Waals surface area contributed by atoms with E-state index >= 15 is 0 Å². The van der Waals surface area contributed by atoms with Gasteiger partial charge in [0.25, 0.3) is 0 Å². The molecule has 0 atom stereocenters. The first kappa shape index (κ1) is 18.2. The third kappa shape index (κ3) is 3.39. The molecule has 1 aliphatic rings. The van der Waals surface area contributed by atoms with Crippen LogP contribution in [-0.4, -0.2) is 58.0 Å². The topological polar surface area (TPSA) is 49.9 Å². The molecular formula is C17H28N2O3S. The molecular weight excluding hydrogens is 312 g/mol. The Kier molecular flexibility index (Phi) is 5.38. The molecule has 0 spiro atoms. The lowest BCUT2D eigenvalue weighted by Crippen LogP contribution is -2.44. The lowest BCUT2D eigenvalue weighted by molar-refractivity contribution is 0.197. The molecule has 1 heterocycles. The molecule has 0 aliphatic carbocycles. The zero-order valence-electron chi connectivity index (χ0n) is 15.0. The van der Waals surface area contributed by atoms with Gasteiger partial charge >= 0.3 is 0 Å². The Morgan fingerprint density at radius 2 is 1.74 bits per heavy atom. The highest BCUT2D eigenvalue weighted by molar-refractivity contribution is 7.89. The molecule has 0 amide bonds. The number of methoxy groups -OCH3 is 1. The summed E-state index contributed by atoms with van der Waals surface area (Å²) < 4.78 is 33.3. The molecule has 0 radical (unpaired) electrons. The molecule has 2 rings (SSSR count). The number of hydrogen-bond donors (Lipinski definition) is 0. The predicted molar refractivity (Wildman–Crippen MR) is 92.7 cm³/mol. The molecule has 0 unspecified atom stereocenters. The normalized spacial score (nSPS) is 17.7. The van der Waals surface area contributed by atoms with E-state index in [0.717, 1.165) is 48.4 Å². The number of piperidine rings is 1. The first-order valence-electron chi connectivity index (χ1n) is 8.01. The molecule has 1 aromatic rings. The van der Waals surface area contributed by atoms with Crippen LogP contribution in [0.15, 0.2) is 11.0 Å². The molecule has 1 fully saturated rings. The lowest BCUT2D eigenvalue weighted by atomic mass is 10.1. The van der Waals surface area contributed by atoms with E-state index in [4.69, 9.17) is 4.74 Å². The largest absolute Gasteiger partial charge is 0.496 e. The summed E-state index contributed by atoms with van der Waals surface area (Å²) in [7, 11) is 1.89. The molecule has 5 nitrogen and oxygen atoms in total. The number of sulfonamides is 1. The molecule has 1 aromatic carbocycles. The summed E-state index contributed by atoms with van der Waals surface area (Å²) in [4.78, 5) is 2.67. The Hall–Kier alpha value is -1.11. The minimum atomic E-state index is -3.51. The molecule has 0 saturated carbocycles. The maximum atomic E-state index is 13.2. The minimum Gasteiger partial charge on any atom is -0.496 e. The molecule has 130 valence electrons. The van der Waals surface area contributed by atoms with Crippen LogP contribution in [0, 0.1) is 20.8 Å². The number of benzene rings is 1. The minimum absolute atomic E-state index is 0.0670. The van der Waals surface area contributed by atoms with Gasteiger partial charge in [0.05, 0.1) is 12.0 Å². The first-order chi connectivity index (χ1) is 10.7. The summed E-state index contributed by atoms with van der Waals surface area (Å²) in [6.45, 7) is 7.47. The van der Waals surface area contributed by atoms with Crippen molar-refractivity contribution < 1.29 is 13.2 Å². The van der Waals surface area contributed by atoms with Crippen LogP contribution in [0.5, 0.6) is 5.75 Å². The summed E-state index contributed by atoms with van der Waals surface area (Å²) in [5.41, 5.74) is 2.40. The van der Waals surface area contributed by atoms with Gasteiger partial charge in [0.1, 0.15) is 5.75 Å². The fourth-order valence-electron chi connectivity index (χ4n) is 3.33. The highest BCUT2D eigenvalue weighted by Gasteiger charge is 2.32. The number of aryl methyl sites for hydroxylation is 1. The summed E-state index contributed by atoms with van der Waals surface area (Å²) in [5, 5.41) is 0. The van der Waals surface area contributed by atoms with Gasteiger partial charge in [-0.25, -0.2) is 8.42 Å². The summed E-state index contributed by atoms with van der Waals surface area (Å²) in [6, 6.07) is 1.88. The third-order valence-corrected chi connectivity index (χ3v) is 7.24. The van der Waals surface area contributed by atoms with E-state index in [1.54, 1.807) is 18.5 Å². The van der Waals surface area contributed by atoms with Gasteiger partial charge in [0.15, 0.2) is 0 Å². The van der Waals surface area contributed by atoms with E-state index in [1.165, 1.54) is 0 Å². The standard InChI is InChI=1S/C17H28N2O3S/c1-12-11-16(22-6)13(2)14(3)17(12)23(20,21)19(5)15-7-9-18(4)10-8-15/h11,15H,7-10H2,1-6H3. The molecule has 23 heavy (non-hydrogen) atoms. The van der Waals surface area contributed by atoms with Crippen molar-refractivity contribution >= 4 is 10.0 Å². The number of hydrogen-bond acceptors (Lipinski definition) is 4. The van der Waals surface area contributed by atoms with Crippen LogP contribution in [0.4, 0.5) is 0 Å². The van der Waals surface area contributed by atoms with E-state index < -0.39 is 10.0 Å². The summed E-state index contributed by atoms with van der Waals surface area (Å²) >= 11 is 0. The van der Waals surface area contributed by atoms with Crippen molar-refractivity contribution in [2.24, 2.45) is 0 Å². The molecule has 1 aliphatic heterocycles. The average Bonchev–Trinajstić information content (AvgIpc) is 2.50. The van der Waals surface area contributed by atoms with Crippen molar-refractivity contribution in [2.45, 2.75) is 44.6 Å². The monoisotopic (exact) mass is 340 g/mol. The molecule has 0 aromatic heterocycles. The van der Waals surface area contributed by atoms with Gasteiger partial charge < -0.3 is 9.64 Å². The average molecular weight is 340 g/mol. The van der Waals surface area contributed by atoms with E-state index in [0.29, 0.717) is 4.90 Å². The summed E-state index contributed by atoms with van der Waals surface area (Å²) in [6.07, 6.45) is 1.75. The highest BCUT2D eigenvalue weighted by atomic mass is 32.2. The molecule has 0 bridgehead atoms. The van der Waals surface area contributed by atoms with Crippen molar-refractivity contribution in [1.82, 2.24) is 9.21 Å². The van der Waals surface area contributed by atoms with Gasteiger partial charge in [-0.05, 0) is 76.5 Å². The predicted octanol–water partition coefficient (Wildman–Crippen LogP) is 2.34. The van der Waals surface area contributed by atoms with Crippen LogP contribution in [0.25, 0.3) is 0 Å². The molecule has 6 heteroatoms. The molecule has 0 N–H and O–H groups in total. The van der Waals surface area contributed by atoms with Gasteiger partial charge in [-0.3, -0.25) is 0 Å². The van der Waals surface area contributed by atoms with E-state index in [2.05, 4.69) is 11.9 Å². The van der Waals surface area contributed by atoms with Gasteiger partial charge in [-0.15, -0.1) is 0 Å². The quantitative estimate of drug-likeness (QED) is 0.844. The fraction of sp³-hybridized carbons (Fsp3) is 0.647. The van der Waals surface area contributed by atoms with E-state index in [1.807, 2.05) is 26.8 Å². The van der Waals surface area contributed by atoms with Crippen LogP contribution < -0.4 is 4.74 Å². The zero-order chi connectivity index (χ0) is 17.4. The number of rotatable bonds is 4. The van der Waals surface area contributed by atoms with Gasteiger partial charge in [0.2, 0.25) is 10.0 Å². The number of nitrogens with zero attached hydrogens (tertiary/aromatic N) is 2. The van der Waals surface area contributed by atoms with Crippen molar-refractivity contribution in [3.63, 3.8) is 0 Å². The lowest BCUT2D eigenvalue weighted by Gasteiger charge is -2.35. The Balaban J connectivity index is 2.42. The summed E-state index contributed by atoms with van der Waals surface area (Å²) in [5.74, 6) is 0.737. The first-order valence-corrected chi connectivity index (χ1v) is 9.45. The Morgan fingerprint density at radius 3 is 2.26 bits per heavy atom. The van der Waals surface area contributed by atoms with Crippen LogP contribution >= 0.6 is 0 Å². The zero-order valence-corrected chi connectivity index (χ0v) is 15.8. The van der Waals surface area contributed by atoms with Crippen LogP contribution in [0.1, 0.15) is 29.5 Å². The van der Waals surface area contributed by atoms with E-state index in [-0.39, 0.29) is 6.04 Å². The van der Waals surface area contributed by atoms with Crippen molar-refractivity contribution in [2.75, 3.05) is 34.3 Å². The van der Waals surface area contributed by atoms with Crippen molar-refractivity contribution in [3.05, 3.63) is 22.8 Å². The molecule has 1 saturated heterocycles. The maximum absolute atomic E-state index is 13.2. The SMILES string of the molecule is COc1cc(C)c(S(=O)(=O)N(C)C2CCN(C)CC2)c(C)c1C. The second-order valence-corrected chi connectivity index (χ2v) is 8.46. The Bertz CT molecular complexity index is 678. The highest BCUT2D eigenvalue weighted by Crippen LogP contribution is 2.33. The Morgan fingerprint density at radius 1 is 1.17 bits per heavy atom. The van der Waals surface area contributed by atoms with Crippen molar-refractivity contribution in [3.8, 4) is 5.75 Å². The van der Waals surface area contributed by atoms with Gasteiger partial charge in [-0.1, -0.05) is 0 Å². The van der Waals surface area contributed by atoms with Crippen molar-refractivity contribution in [1.29, 1.82) is 0 Å². The van der Waals surface area contributed by atoms with Crippen LogP contribution in [0.2, 0.25) is 0 Å². The van der Waals surface area contributed by atoms with Gasteiger partial charge in [0, 0.05) is 13.1 Å². The van der Waals surface area contributed by atoms with Crippen LogP contribution in [0.3, 0.4) is 0 Å². The maximum Gasteiger partial charge on any atom is 0.243 e. The van der Waals surface area contributed by atoms with Gasteiger partial charge in [-0.2, -0.15) is 4.31 Å². The Labute approximate surface area is 140 Å². The second kappa shape index (κ2) is 6.79. The number of likely N-dealkylation sites (tertiary alicyclic amines) is 1. The third-order valence-electron chi connectivity index (χ3n) is 5.04. The second-order valence-electron chi connectivity index (χ2n) is 6.53. The number of ether oxygens (including phenoxy) is 1. The van der Waals surface area contributed by atoms with E-state index in [9.17, 15) is 8.42 Å².